The Bertz CT molecular complexity index is 2390. The highest BCUT2D eigenvalue weighted by Gasteiger charge is 2.22. The second-order valence-electron chi connectivity index (χ2n) is 9.48. The number of nitrogens with two attached hydrogens (primary N) is 1. The molecule has 0 atom stereocenters. The molecular weight excluding hydrogens is 635 g/mol. The molecule has 0 saturated heterocycles. The third-order valence-corrected chi connectivity index (χ3v) is 9.11. The van der Waals surface area contributed by atoms with E-state index in [0.717, 1.165) is 29.8 Å². The lowest BCUT2D eigenvalue weighted by Gasteiger charge is -2.09. The SMILES string of the molecule is Cc1cc(N)ccc1N=Nc1ccc(N=Nc2ccc3ccc(S(=O)(=O)O)cc3c2S(=O)(=O)O)c2cc(S(=O)(=O)O)ccc12. The average molecular weight is 656 g/mol. The number of azo groups is 2. The monoisotopic (exact) mass is 655 g/mol. The summed E-state index contributed by atoms with van der Waals surface area (Å²) in [6, 6.07) is 17.3. The first-order valence-corrected chi connectivity index (χ1v) is 16.6. The van der Waals surface area contributed by atoms with E-state index in [-0.39, 0.29) is 21.8 Å². The van der Waals surface area contributed by atoms with E-state index in [1.807, 2.05) is 0 Å². The summed E-state index contributed by atoms with van der Waals surface area (Å²) < 4.78 is 101. The summed E-state index contributed by atoms with van der Waals surface area (Å²) in [5.41, 5.74) is 7.52. The predicted octanol–water partition coefficient (Wildman–Crippen LogP) is 6.45. The highest BCUT2D eigenvalue weighted by atomic mass is 32.2. The minimum Gasteiger partial charge on any atom is -0.399 e. The molecule has 5 aromatic carbocycles. The Morgan fingerprint density at radius 2 is 1.00 bits per heavy atom. The van der Waals surface area contributed by atoms with Crippen LogP contribution < -0.4 is 5.73 Å². The van der Waals surface area contributed by atoms with Gasteiger partial charge in [-0.05, 0) is 78.5 Å². The maximum absolute atomic E-state index is 12.4. The van der Waals surface area contributed by atoms with Gasteiger partial charge < -0.3 is 5.73 Å². The Kier molecular flexibility index (Phi) is 7.79. The number of hydrogen-bond donors (Lipinski definition) is 4. The van der Waals surface area contributed by atoms with Crippen molar-refractivity contribution in [2.75, 3.05) is 5.73 Å². The molecule has 0 amide bonds. The molecule has 0 bridgehead atoms. The van der Waals surface area contributed by atoms with Crippen LogP contribution in [0.4, 0.5) is 28.4 Å². The minimum atomic E-state index is -5.02. The Balaban J connectivity index is 1.69. The van der Waals surface area contributed by atoms with Crippen LogP contribution in [0.3, 0.4) is 0 Å². The van der Waals surface area contributed by atoms with E-state index in [1.54, 1.807) is 25.1 Å². The van der Waals surface area contributed by atoms with Crippen LogP contribution in [0.2, 0.25) is 0 Å². The molecule has 0 aliphatic carbocycles. The van der Waals surface area contributed by atoms with Gasteiger partial charge in [0, 0.05) is 21.8 Å². The number of hydrogen-bond acceptors (Lipinski definition) is 11. The van der Waals surface area contributed by atoms with E-state index < -0.39 is 50.7 Å². The summed E-state index contributed by atoms with van der Waals surface area (Å²) in [5, 5.41) is 17.0. The lowest BCUT2D eigenvalue weighted by Crippen LogP contribution is -2.02. The van der Waals surface area contributed by atoms with E-state index in [0.29, 0.717) is 22.4 Å². The van der Waals surface area contributed by atoms with Gasteiger partial charge in [-0.1, -0.05) is 18.2 Å². The van der Waals surface area contributed by atoms with Crippen molar-refractivity contribution in [3.05, 3.63) is 84.4 Å². The standard InChI is InChI=1S/C27H21N5O9S3/c1-15-12-17(28)4-9-23(15)29-30-24-10-11-25(22-14-19(43(36,37)38)6-7-20(22)24)31-32-26-8-3-16-2-5-18(42(33,34)35)13-21(16)27(26)44(39,40)41/h2-14H,28H2,1H3,(H,33,34,35)(H,36,37,38)(H,39,40,41). The van der Waals surface area contributed by atoms with Gasteiger partial charge in [-0.2, -0.15) is 30.4 Å². The number of nitrogens with zero attached hydrogens (tertiary/aromatic N) is 4. The average Bonchev–Trinajstić information content (AvgIpc) is 2.93. The summed E-state index contributed by atoms with van der Waals surface area (Å²) >= 11 is 0. The summed E-state index contributed by atoms with van der Waals surface area (Å²) in [7, 11) is -14.4. The molecule has 5 N–H and O–H groups in total. The van der Waals surface area contributed by atoms with Crippen molar-refractivity contribution in [3.8, 4) is 0 Å². The Morgan fingerprint density at radius 3 is 1.59 bits per heavy atom. The van der Waals surface area contributed by atoms with Crippen LogP contribution in [-0.4, -0.2) is 38.9 Å². The fourth-order valence-electron chi connectivity index (χ4n) is 4.41. The van der Waals surface area contributed by atoms with Crippen molar-refractivity contribution < 1.29 is 38.9 Å². The Morgan fingerprint density at radius 1 is 0.523 bits per heavy atom. The lowest BCUT2D eigenvalue weighted by atomic mass is 10.1. The van der Waals surface area contributed by atoms with Crippen LogP contribution in [0, 0.1) is 6.92 Å². The topological polar surface area (TPSA) is 239 Å². The zero-order chi connectivity index (χ0) is 32.0. The molecule has 0 aromatic heterocycles. The molecule has 0 aliphatic heterocycles. The summed E-state index contributed by atoms with van der Waals surface area (Å²) in [6.07, 6.45) is 0. The molecule has 0 radical (unpaired) electrons. The van der Waals surface area contributed by atoms with Crippen LogP contribution in [0.15, 0.2) is 114 Å². The molecular formula is C27H21N5O9S3. The molecule has 0 saturated carbocycles. The van der Waals surface area contributed by atoms with Crippen molar-refractivity contribution in [1.82, 2.24) is 0 Å². The van der Waals surface area contributed by atoms with Gasteiger partial charge in [-0.25, -0.2) is 0 Å². The van der Waals surface area contributed by atoms with Crippen molar-refractivity contribution in [2.24, 2.45) is 20.5 Å². The first-order chi connectivity index (χ1) is 20.5. The summed E-state index contributed by atoms with van der Waals surface area (Å²) in [6.45, 7) is 1.79. The van der Waals surface area contributed by atoms with Crippen LogP contribution in [0.25, 0.3) is 21.5 Å². The molecule has 226 valence electrons. The predicted molar refractivity (Wildman–Crippen MR) is 161 cm³/mol. The maximum Gasteiger partial charge on any atom is 0.297 e. The van der Waals surface area contributed by atoms with Gasteiger partial charge in [-0.3, -0.25) is 13.7 Å². The second kappa shape index (κ2) is 11.1. The smallest absolute Gasteiger partial charge is 0.297 e. The zero-order valence-electron chi connectivity index (χ0n) is 22.4. The molecule has 14 nitrogen and oxygen atoms in total. The maximum atomic E-state index is 12.4. The first-order valence-electron chi connectivity index (χ1n) is 12.3. The van der Waals surface area contributed by atoms with Crippen LogP contribution in [0.1, 0.15) is 5.56 Å². The quantitative estimate of drug-likeness (QED) is 0.0848. The number of rotatable bonds is 7. The number of benzene rings is 5. The van der Waals surface area contributed by atoms with Crippen LogP contribution >= 0.6 is 0 Å². The van der Waals surface area contributed by atoms with Crippen molar-refractivity contribution in [2.45, 2.75) is 21.6 Å². The molecule has 0 spiro atoms. The number of aryl methyl sites for hydroxylation is 1. The molecule has 0 aliphatic rings. The van der Waals surface area contributed by atoms with Gasteiger partial charge in [0.2, 0.25) is 0 Å². The van der Waals surface area contributed by atoms with E-state index in [2.05, 4.69) is 20.5 Å². The molecule has 0 fully saturated rings. The summed E-state index contributed by atoms with van der Waals surface area (Å²) in [5.74, 6) is 0. The third kappa shape index (κ3) is 6.32. The van der Waals surface area contributed by atoms with Crippen LogP contribution in [-0.2, 0) is 30.4 Å². The lowest BCUT2D eigenvalue weighted by molar-refractivity contribution is 0.480. The molecule has 5 rings (SSSR count). The van der Waals surface area contributed by atoms with Crippen molar-refractivity contribution in [3.63, 3.8) is 0 Å². The van der Waals surface area contributed by atoms with Crippen LogP contribution in [0.5, 0.6) is 0 Å². The molecule has 44 heavy (non-hydrogen) atoms. The van der Waals surface area contributed by atoms with E-state index in [9.17, 15) is 38.9 Å². The largest absolute Gasteiger partial charge is 0.399 e. The zero-order valence-corrected chi connectivity index (χ0v) is 24.8. The van der Waals surface area contributed by atoms with Gasteiger partial charge in [0.15, 0.2) is 0 Å². The van der Waals surface area contributed by atoms with E-state index >= 15 is 0 Å². The number of nitrogen functional groups attached to an aromatic ring is 1. The van der Waals surface area contributed by atoms with Crippen molar-refractivity contribution >= 4 is 80.3 Å². The van der Waals surface area contributed by atoms with Crippen molar-refractivity contribution in [1.29, 1.82) is 0 Å². The van der Waals surface area contributed by atoms with Gasteiger partial charge in [-0.15, -0.1) is 15.3 Å². The number of anilines is 1. The summed E-state index contributed by atoms with van der Waals surface area (Å²) in [4.78, 5) is -1.87. The second-order valence-corrected chi connectivity index (χ2v) is 13.7. The molecule has 0 unspecified atom stereocenters. The minimum absolute atomic E-state index is 0.0150. The highest BCUT2D eigenvalue weighted by molar-refractivity contribution is 7.86. The Labute approximate surface area is 250 Å². The third-order valence-electron chi connectivity index (χ3n) is 6.47. The molecule has 5 aromatic rings. The van der Waals surface area contributed by atoms with Gasteiger partial charge >= 0.3 is 0 Å². The van der Waals surface area contributed by atoms with Gasteiger partial charge in [0.25, 0.3) is 30.4 Å². The first kappa shape index (κ1) is 30.8. The van der Waals surface area contributed by atoms with E-state index in [1.165, 1.54) is 36.4 Å². The fraction of sp³-hybridized carbons (Fsp3) is 0.0370. The molecule has 0 heterocycles. The van der Waals surface area contributed by atoms with Gasteiger partial charge in [0.05, 0.1) is 26.9 Å². The highest BCUT2D eigenvalue weighted by Crippen LogP contribution is 2.39. The molecule has 17 heteroatoms. The van der Waals surface area contributed by atoms with E-state index in [4.69, 9.17) is 5.73 Å². The Hall–Kier alpha value is -4.65. The number of fused-ring (bicyclic) bond motifs is 2. The van der Waals surface area contributed by atoms with Gasteiger partial charge in [0.1, 0.15) is 10.6 Å². The fourth-order valence-corrected chi connectivity index (χ4v) is 6.25. The normalized spacial score (nSPS) is 13.0.